The lowest BCUT2D eigenvalue weighted by atomic mass is 9.94. The molecular formula is C26H49NO17S. The molecule has 3 fully saturated rings. The van der Waals surface area contributed by atoms with E-state index in [0.717, 1.165) is 0 Å². The Hall–Kier alpha value is -0.690. The van der Waals surface area contributed by atoms with Crippen molar-refractivity contribution in [1.82, 2.24) is 4.72 Å². The van der Waals surface area contributed by atoms with Gasteiger partial charge in [0.15, 0.2) is 12.6 Å². The Morgan fingerprint density at radius 2 is 1.27 bits per heavy atom. The maximum atomic E-state index is 12.1. The van der Waals surface area contributed by atoms with E-state index < -0.39 is 120 Å². The van der Waals surface area contributed by atoms with E-state index in [4.69, 9.17) is 28.4 Å². The van der Waals surface area contributed by atoms with E-state index in [1.807, 2.05) is 0 Å². The van der Waals surface area contributed by atoms with Gasteiger partial charge in [-0.15, -0.1) is 0 Å². The number of aliphatic hydroxyl groups excluding tert-OH is 9. The van der Waals surface area contributed by atoms with Crippen LogP contribution in [0.5, 0.6) is 0 Å². The normalized spacial score (nSPS) is 43.4. The summed E-state index contributed by atoms with van der Waals surface area (Å²) in [5.74, 6) is 0. The highest BCUT2D eigenvalue weighted by atomic mass is 32.2. The van der Waals surface area contributed by atoms with Crippen molar-refractivity contribution < 1.29 is 82.8 Å². The van der Waals surface area contributed by atoms with Gasteiger partial charge in [-0.05, 0) is 34.1 Å². The molecule has 3 rings (SSSR count). The first-order chi connectivity index (χ1) is 20.9. The minimum absolute atomic E-state index is 0.0849. The molecule has 0 aliphatic carbocycles. The average Bonchev–Trinajstić information content (AvgIpc) is 2.97. The maximum absolute atomic E-state index is 12.1. The summed E-state index contributed by atoms with van der Waals surface area (Å²) in [4.78, 5) is 0. The number of nitrogens with one attached hydrogen (secondary N) is 1. The minimum Gasteiger partial charge on any atom is -0.394 e. The van der Waals surface area contributed by atoms with E-state index in [-0.39, 0.29) is 19.8 Å². The van der Waals surface area contributed by atoms with Gasteiger partial charge < -0.3 is 74.4 Å². The van der Waals surface area contributed by atoms with Crippen molar-refractivity contribution in [2.45, 2.75) is 131 Å². The second-order valence-corrected chi connectivity index (χ2v) is 15.0. The quantitative estimate of drug-likeness (QED) is 0.0813. The van der Waals surface area contributed by atoms with Gasteiger partial charge >= 0.3 is 0 Å². The molecule has 3 saturated heterocycles. The molecule has 0 radical (unpaired) electrons. The number of hydrogen-bond donors (Lipinski definition) is 10. The van der Waals surface area contributed by atoms with Crippen LogP contribution in [0.3, 0.4) is 0 Å². The van der Waals surface area contributed by atoms with Crippen molar-refractivity contribution in [3.63, 3.8) is 0 Å². The Morgan fingerprint density at radius 1 is 0.711 bits per heavy atom. The molecule has 15 unspecified atom stereocenters. The van der Waals surface area contributed by atoms with Crippen molar-refractivity contribution >= 4 is 10.0 Å². The molecule has 266 valence electrons. The summed E-state index contributed by atoms with van der Waals surface area (Å²) in [5, 5.41) is 92.5. The monoisotopic (exact) mass is 679 g/mol. The van der Waals surface area contributed by atoms with E-state index in [2.05, 4.69) is 4.72 Å². The van der Waals surface area contributed by atoms with Gasteiger partial charge in [-0.1, -0.05) is 0 Å². The standard InChI is InChI=1S/C26H49NO17S/c1-11-15(29)23(44-25-22(36)19(33)16(30)12(8-28)42-25)18(32)14(41-11)10-40-24-21(35)20(34)17(31)13(43-24)9-39-7-5-6-27-45(37,38)26(2,3)4/h11-25,27-36H,5-10H2,1-4H3. The van der Waals surface area contributed by atoms with E-state index >= 15 is 0 Å². The summed E-state index contributed by atoms with van der Waals surface area (Å²) in [7, 11) is -3.53. The van der Waals surface area contributed by atoms with E-state index in [9.17, 15) is 54.4 Å². The molecule has 3 aliphatic heterocycles. The van der Waals surface area contributed by atoms with Crippen LogP contribution < -0.4 is 4.72 Å². The summed E-state index contributed by atoms with van der Waals surface area (Å²) in [6.07, 6.45) is -22.2. The molecule has 10 N–H and O–H groups in total. The van der Waals surface area contributed by atoms with Crippen molar-refractivity contribution in [2.24, 2.45) is 0 Å². The molecule has 0 saturated carbocycles. The second-order valence-electron chi connectivity index (χ2n) is 12.4. The zero-order valence-electron chi connectivity index (χ0n) is 25.6. The molecule has 15 atom stereocenters. The Bertz CT molecular complexity index is 1010. The SMILES string of the molecule is CC1OC(COC2OC(COCCCNS(=O)(=O)C(C)(C)C)C(O)C(O)C2O)C(O)C(OC2OC(CO)C(O)C(O)C2O)C1O. The third-order valence-corrected chi connectivity index (χ3v) is 10.2. The van der Waals surface area contributed by atoms with E-state index in [1.54, 1.807) is 20.8 Å². The van der Waals surface area contributed by atoms with Gasteiger partial charge in [-0.3, -0.25) is 0 Å². The predicted octanol–water partition coefficient (Wildman–Crippen LogP) is -5.37. The van der Waals surface area contributed by atoms with Crippen LogP contribution in [0.15, 0.2) is 0 Å². The predicted molar refractivity (Wildman–Crippen MR) is 150 cm³/mol. The first-order valence-electron chi connectivity index (χ1n) is 14.8. The molecule has 0 spiro atoms. The van der Waals surface area contributed by atoms with Crippen LogP contribution >= 0.6 is 0 Å². The Balaban J connectivity index is 1.54. The van der Waals surface area contributed by atoms with Crippen LogP contribution in [-0.4, -0.2) is 184 Å². The third-order valence-electron chi connectivity index (χ3n) is 8.00. The average molecular weight is 680 g/mol. The van der Waals surface area contributed by atoms with Crippen molar-refractivity contribution in [3.8, 4) is 0 Å². The molecule has 0 aromatic rings. The fraction of sp³-hybridized carbons (Fsp3) is 1.00. The van der Waals surface area contributed by atoms with Crippen LogP contribution in [-0.2, 0) is 38.4 Å². The van der Waals surface area contributed by atoms with Gasteiger partial charge in [-0.25, -0.2) is 13.1 Å². The minimum atomic E-state index is -3.53. The molecule has 18 nitrogen and oxygen atoms in total. The fourth-order valence-electron chi connectivity index (χ4n) is 4.93. The number of aliphatic hydroxyl groups is 9. The Labute approximate surface area is 261 Å². The lowest BCUT2D eigenvalue weighted by molar-refractivity contribution is -0.346. The molecule has 0 bridgehead atoms. The Morgan fingerprint density at radius 3 is 1.87 bits per heavy atom. The lowest BCUT2D eigenvalue weighted by Gasteiger charge is -2.46. The lowest BCUT2D eigenvalue weighted by Crippen LogP contribution is -2.64. The molecule has 19 heteroatoms. The molecule has 45 heavy (non-hydrogen) atoms. The summed E-state index contributed by atoms with van der Waals surface area (Å²) in [6, 6.07) is 0. The van der Waals surface area contributed by atoms with Gasteiger partial charge in [0.1, 0.15) is 73.2 Å². The number of sulfonamides is 1. The number of ether oxygens (including phenoxy) is 6. The molecule has 0 aromatic heterocycles. The van der Waals surface area contributed by atoms with Crippen LogP contribution in [0.4, 0.5) is 0 Å². The molecule has 0 aromatic carbocycles. The summed E-state index contributed by atoms with van der Waals surface area (Å²) in [6.45, 7) is 4.91. The molecule has 3 heterocycles. The summed E-state index contributed by atoms with van der Waals surface area (Å²) >= 11 is 0. The number of hydrogen-bond acceptors (Lipinski definition) is 17. The topological polar surface area (TPSA) is 284 Å². The van der Waals surface area contributed by atoms with Crippen LogP contribution in [0.1, 0.15) is 34.1 Å². The highest BCUT2D eigenvalue weighted by Crippen LogP contribution is 2.30. The highest BCUT2D eigenvalue weighted by molar-refractivity contribution is 7.90. The first kappa shape index (κ1) is 38.8. The highest BCUT2D eigenvalue weighted by Gasteiger charge is 2.51. The summed E-state index contributed by atoms with van der Waals surface area (Å²) in [5.41, 5.74) is 0. The number of rotatable bonds is 13. The van der Waals surface area contributed by atoms with Gasteiger partial charge in [0.05, 0.1) is 30.7 Å². The van der Waals surface area contributed by atoms with Crippen LogP contribution in [0, 0.1) is 0 Å². The van der Waals surface area contributed by atoms with E-state index in [0.29, 0.717) is 6.42 Å². The fourth-order valence-corrected chi connectivity index (χ4v) is 5.78. The van der Waals surface area contributed by atoms with Gasteiger partial charge in [0, 0.05) is 13.2 Å². The smallest absolute Gasteiger partial charge is 0.216 e. The third kappa shape index (κ3) is 9.27. The van der Waals surface area contributed by atoms with Gasteiger partial charge in [0.25, 0.3) is 0 Å². The first-order valence-corrected chi connectivity index (χ1v) is 16.2. The Kier molecular flexibility index (Phi) is 13.9. The van der Waals surface area contributed by atoms with Crippen LogP contribution in [0.25, 0.3) is 0 Å². The largest absolute Gasteiger partial charge is 0.394 e. The van der Waals surface area contributed by atoms with Gasteiger partial charge in [-0.2, -0.15) is 0 Å². The molecular weight excluding hydrogens is 630 g/mol. The zero-order chi connectivity index (χ0) is 33.9. The van der Waals surface area contributed by atoms with Gasteiger partial charge in [0.2, 0.25) is 10.0 Å². The summed E-state index contributed by atoms with van der Waals surface area (Å²) < 4.78 is 58.9. The zero-order valence-corrected chi connectivity index (χ0v) is 26.4. The van der Waals surface area contributed by atoms with E-state index in [1.165, 1.54) is 6.92 Å². The van der Waals surface area contributed by atoms with Crippen molar-refractivity contribution in [3.05, 3.63) is 0 Å². The maximum Gasteiger partial charge on any atom is 0.216 e. The van der Waals surface area contributed by atoms with Crippen molar-refractivity contribution in [2.75, 3.05) is 33.0 Å². The molecule has 0 amide bonds. The molecule has 3 aliphatic rings. The second kappa shape index (κ2) is 16.1. The van der Waals surface area contributed by atoms with Crippen LogP contribution in [0.2, 0.25) is 0 Å². The van der Waals surface area contributed by atoms with Crippen molar-refractivity contribution in [1.29, 1.82) is 0 Å².